The minimum Gasteiger partial charge on any atom is -0.477 e. The van der Waals surface area contributed by atoms with Gasteiger partial charge in [0.1, 0.15) is 5.78 Å². The molecule has 1 saturated carbocycles. The van der Waals surface area contributed by atoms with Crippen LogP contribution in [0.15, 0.2) is 24.3 Å². The van der Waals surface area contributed by atoms with Crippen molar-refractivity contribution in [1.29, 1.82) is 0 Å². The Morgan fingerprint density at radius 2 is 1.96 bits per heavy atom. The zero-order valence-corrected chi connectivity index (χ0v) is 17.0. The largest absolute Gasteiger partial charge is 0.477 e. The highest BCUT2D eigenvalue weighted by atomic mass is 16.6. The molecule has 1 aliphatic carbocycles. The maximum Gasteiger partial charge on any atom is 0.364 e. The van der Waals surface area contributed by atoms with E-state index in [2.05, 4.69) is 31.2 Å². The highest BCUT2D eigenvalue weighted by molar-refractivity contribution is 5.83. The van der Waals surface area contributed by atoms with E-state index in [9.17, 15) is 14.7 Å². The summed E-state index contributed by atoms with van der Waals surface area (Å²) in [6.45, 7) is 1.55. The molecule has 0 radical (unpaired) electrons. The molecule has 160 valence electrons. The number of ketones is 1. The highest BCUT2D eigenvalue weighted by Gasteiger charge is 2.37. The van der Waals surface area contributed by atoms with Gasteiger partial charge in [0, 0.05) is 18.8 Å². The first-order valence-electron chi connectivity index (χ1n) is 10.5. The number of aliphatic carboxylic acids is 1. The molecule has 0 aliphatic heterocycles. The van der Waals surface area contributed by atoms with Crippen molar-refractivity contribution in [2.45, 2.75) is 76.9 Å². The van der Waals surface area contributed by atoms with E-state index in [4.69, 9.17) is 14.9 Å². The first-order valence-corrected chi connectivity index (χ1v) is 10.5. The lowest BCUT2D eigenvalue weighted by molar-refractivity contribution is -0.228. The third-order valence-corrected chi connectivity index (χ3v) is 5.24. The predicted octanol–water partition coefficient (Wildman–Crippen LogP) is 3.62. The highest BCUT2D eigenvalue weighted by Crippen LogP contribution is 2.34. The van der Waals surface area contributed by atoms with Crippen LogP contribution in [0.25, 0.3) is 0 Å². The van der Waals surface area contributed by atoms with Crippen molar-refractivity contribution in [2.75, 3.05) is 13.2 Å². The van der Waals surface area contributed by atoms with E-state index >= 15 is 0 Å². The van der Waals surface area contributed by atoms with Crippen molar-refractivity contribution in [3.05, 3.63) is 24.3 Å². The fourth-order valence-corrected chi connectivity index (χ4v) is 3.65. The molecule has 0 aromatic rings. The van der Waals surface area contributed by atoms with E-state index in [0.717, 1.165) is 44.9 Å². The molecular weight excluding hydrogens is 360 g/mol. The molecule has 0 saturated heterocycles. The zero-order valence-electron chi connectivity index (χ0n) is 17.0. The topological polar surface area (TPSA) is 104 Å². The van der Waals surface area contributed by atoms with Crippen LogP contribution in [0.5, 0.6) is 0 Å². The molecule has 6 nitrogen and oxygen atoms in total. The van der Waals surface area contributed by atoms with Crippen molar-refractivity contribution in [3.8, 4) is 0 Å². The number of carboxylic acid groups (broad SMARTS) is 1. The van der Waals surface area contributed by atoms with Crippen LogP contribution in [0, 0.1) is 11.8 Å². The van der Waals surface area contributed by atoms with Crippen LogP contribution in [0.3, 0.4) is 0 Å². The van der Waals surface area contributed by atoms with E-state index in [1.807, 2.05) is 0 Å². The first kappa shape index (κ1) is 24.5. The van der Waals surface area contributed by atoms with Gasteiger partial charge in [0.05, 0.1) is 13.2 Å². The number of carbonyl (C=O) groups is 2. The Hall–Kier alpha value is -1.50. The molecule has 0 heterocycles. The average Bonchev–Trinajstić information content (AvgIpc) is 3.02. The molecule has 6 heteroatoms. The number of Topliss-reactive ketones (excluding diaryl/α,β-unsaturated/α-hetero) is 1. The van der Waals surface area contributed by atoms with E-state index in [1.54, 1.807) is 0 Å². The third-order valence-electron chi connectivity index (χ3n) is 5.24. The number of hydrogen-bond donors (Lipinski definition) is 3. The second-order valence-electron chi connectivity index (χ2n) is 7.42. The van der Waals surface area contributed by atoms with Gasteiger partial charge in [-0.15, -0.1) is 0 Å². The normalized spacial score (nSPS) is 22.3. The molecule has 1 aliphatic rings. The maximum absolute atomic E-state index is 12.2. The van der Waals surface area contributed by atoms with Crippen LogP contribution >= 0.6 is 0 Å². The van der Waals surface area contributed by atoms with Gasteiger partial charge < -0.3 is 20.1 Å². The van der Waals surface area contributed by atoms with Crippen LogP contribution in [-0.4, -0.2) is 46.1 Å². The summed E-state index contributed by atoms with van der Waals surface area (Å²) >= 11 is 0. The summed E-state index contributed by atoms with van der Waals surface area (Å²) in [7, 11) is 0. The lowest BCUT2D eigenvalue weighted by Gasteiger charge is -2.23. The molecular formula is C22H36O6. The van der Waals surface area contributed by atoms with Gasteiger partial charge in [-0.05, 0) is 44.4 Å². The van der Waals surface area contributed by atoms with Gasteiger partial charge in [-0.25, -0.2) is 4.79 Å². The van der Waals surface area contributed by atoms with E-state index in [0.29, 0.717) is 24.5 Å². The number of carboxylic acids is 1. The SMILES string of the molecule is CCC=CCCC=C[C@H]1CCC(=O)[C@@H]1CCCCCC(O)(OCCO)C(=O)O. The molecule has 0 amide bonds. The Bertz CT molecular complexity index is 527. The molecule has 3 atom stereocenters. The zero-order chi connectivity index (χ0) is 20.8. The van der Waals surface area contributed by atoms with Crippen molar-refractivity contribution in [1.82, 2.24) is 0 Å². The smallest absolute Gasteiger partial charge is 0.364 e. The second-order valence-corrected chi connectivity index (χ2v) is 7.42. The summed E-state index contributed by atoms with van der Waals surface area (Å²) in [6, 6.07) is 0. The molecule has 3 N–H and O–H groups in total. The number of aliphatic hydroxyl groups is 2. The fourth-order valence-electron chi connectivity index (χ4n) is 3.65. The van der Waals surface area contributed by atoms with Crippen LogP contribution in [-0.2, 0) is 14.3 Å². The van der Waals surface area contributed by atoms with Crippen LogP contribution in [0.1, 0.15) is 71.1 Å². The van der Waals surface area contributed by atoms with Gasteiger partial charge in [0.25, 0.3) is 5.79 Å². The molecule has 1 fully saturated rings. The Kier molecular flexibility index (Phi) is 12.0. The van der Waals surface area contributed by atoms with Crippen molar-refractivity contribution < 1.29 is 29.6 Å². The monoisotopic (exact) mass is 396 g/mol. The average molecular weight is 397 g/mol. The molecule has 0 aromatic heterocycles. The molecule has 0 aromatic carbocycles. The standard InChI is InChI=1S/C22H36O6/c1-2-3-4-5-6-8-11-18-13-14-20(24)19(18)12-9-7-10-15-22(27,21(25)26)28-17-16-23/h3-4,8,11,18-19,23,27H,2,5-7,9-10,12-17H2,1H3,(H,25,26)/t18-,19+,22?/m0/s1. The summed E-state index contributed by atoms with van der Waals surface area (Å²) in [4.78, 5) is 23.3. The molecule has 1 unspecified atom stereocenters. The first-order chi connectivity index (χ1) is 13.4. The molecule has 1 rings (SSSR count). The molecule has 0 bridgehead atoms. The van der Waals surface area contributed by atoms with Crippen LogP contribution < -0.4 is 0 Å². The number of ether oxygens (including phenoxy) is 1. The maximum atomic E-state index is 12.2. The lowest BCUT2D eigenvalue weighted by atomic mass is 9.89. The molecule has 28 heavy (non-hydrogen) atoms. The Morgan fingerprint density at radius 3 is 2.64 bits per heavy atom. The van der Waals surface area contributed by atoms with E-state index in [-0.39, 0.29) is 25.6 Å². The number of carbonyl (C=O) groups excluding carboxylic acids is 1. The number of aliphatic hydroxyl groups excluding tert-OH is 1. The number of rotatable bonds is 15. The third kappa shape index (κ3) is 8.67. The number of allylic oxidation sites excluding steroid dienone is 4. The lowest BCUT2D eigenvalue weighted by Crippen LogP contribution is -2.42. The Morgan fingerprint density at radius 1 is 1.21 bits per heavy atom. The minimum atomic E-state index is -2.25. The van der Waals surface area contributed by atoms with Gasteiger partial charge in [0.15, 0.2) is 0 Å². The fraction of sp³-hybridized carbons (Fsp3) is 0.727. The van der Waals surface area contributed by atoms with Gasteiger partial charge >= 0.3 is 5.97 Å². The van der Waals surface area contributed by atoms with E-state index < -0.39 is 11.8 Å². The summed E-state index contributed by atoms with van der Waals surface area (Å²) in [5.41, 5.74) is 0. The molecule has 0 spiro atoms. The summed E-state index contributed by atoms with van der Waals surface area (Å²) in [5.74, 6) is -2.98. The Labute approximate surface area is 168 Å². The predicted molar refractivity (Wildman–Crippen MR) is 108 cm³/mol. The summed E-state index contributed by atoms with van der Waals surface area (Å²) in [5, 5.41) is 27.8. The van der Waals surface area contributed by atoms with E-state index in [1.165, 1.54) is 0 Å². The van der Waals surface area contributed by atoms with Crippen molar-refractivity contribution >= 4 is 11.8 Å². The van der Waals surface area contributed by atoms with Crippen LogP contribution in [0.2, 0.25) is 0 Å². The van der Waals surface area contributed by atoms with Gasteiger partial charge in [0.2, 0.25) is 0 Å². The van der Waals surface area contributed by atoms with Gasteiger partial charge in [-0.2, -0.15) is 0 Å². The number of hydrogen-bond acceptors (Lipinski definition) is 5. The Balaban J connectivity index is 2.35. The van der Waals surface area contributed by atoms with Gasteiger partial charge in [-0.1, -0.05) is 44.1 Å². The van der Waals surface area contributed by atoms with Crippen molar-refractivity contribution in [3.63, 3.8) is 0 Å². The second kappa shape index (κ2) is 13.6. The minimum absolute atomic E-state index is 0.0322. The summed E-state index contributed by atoms with van der Waals surface area (Å²) in [6.07, 6.45) is 16.2. The quantitative estimate of drug-likeness (QED) is 0.222. The number of unbranched alkanes of at least 4 members (excludes halogenated alkanes) is 3. The van der Waals surface area contributed by atoms with Crippen molar-refractivity contribution in [2.24, 2.45) is 11.8 Å². The van der Waals surface area contributed by atoms with Gasteiger partial charge in [-0.3, -0.25) is 4.79 Å². The summed E-state index contributed by atoms with van der Waals surface area (Å²) < 4.78 is 4.87. The van der Waals surface area contributed by atoms with Crippen LogP contribution in [0.4, 0.5) is 0 Å².